The molecule has 0 saturated heterocycles. The topological polar surface area (TPSA) is 104 Å². The van der Waals surface area contributed by atoms with Crippen molar-refractivity contribution in [1.29, 1.82) is 0 Å². The van der Waals surface area contributed by atoms with Crippen molar-refractivity contribution < 1.29 is 29.9 Å². The van der Waals surface area contributed by atoms with Crippen LogP contribution in [0, 0.1) is 6.92 Å². The van der Waals surface area contributed by atoms with Crippen LogP contribution in [0.15, 0.2) is 0 Å². The lowest BCUT2D eigenvalue weighted by Crippen LogP contribution is -2.47. The molecule has 0 atom stereocenters. The van der Waals surface area contributed by atoms with Crippen molar-refractivity contribution in [3.63, 3.8) is 0 Å². The molecule has 0 aliphatic carbocycles. The first-order valence-corrected chi connectivity index (χ1v) is 2.58. The maximum absolute atomic E-state index is 10.2. The summed E-state index contributed by atoms with van der Waals surface area (Å²) in [5, 5.41) is 26.3. The molecule has 2 radical (unpaired) electrons. The van der Waals surface area contributed by atoms with Crippen LogP contribution in [0.25, 0.3) is 0 Å². The number of aliphatic carboxylic acids is 2. The van der Waals surface area contributed by atoms with Gasteiger partial charge in [0, 0.05) is 6.42 Å². The first-order valence-electron chi connectivity index (χ1n) is 2.58. The van der Waals surface area contributed by atoms with E-state index in [-0.39, 0.29) is 0 Å². The molecule has 0 fully saturated rings. The average Bonchev–Trinajstić information content (AvgIpc) is 1.90. The Morgan fingerprint density at radius 2 is 1.73 bits per heavy atom. The van der Waals surface area contributed by atoms with Crippen LogP contribution in [-0.2, 0) is 19.7 Å². The first-order chi connectivity index (χ1) is 5.01. The third kappa shape index (κ3) is 1.47. The van der Waals surface area contributed by atoms with Crippen LogP contribution < -0.4 is 0 Å². The van der Waals surface area contributed by atoms with Gasteiger partial charge in [-0.15, -0.1) is 0 Å². The van der Waals surface area contributed by atoms with Crippen molar-refractivity contribution in [3.8, 4) is 0 Å². The van der Waals surface area contributed by atoms with E-state index in [4.69, 9.17) is 10.2 Å². The number of rotatable bonds is 4. The first kappa shape index (κ1) is 9.86. The monoisotopic (exact) mass is 162 g/mol. The highest BCUT2D eigenvalue weighted by atomic mass is 17.1. The van der Waals surface area contributed by atoms with Crippen LogP contribution in [0.5, 0.6) is 0 Å². The molecule has 0 aromatic carbocycles. The van der Waals surface area contributed by atoms with Gasteiger partial charge in [0.1, 0.15) is 0 Å². The third-order valence-electron chi connectivity index (χ3n) is 1.19. The van der Waals surface area contributed by atoms with Gasteiger partial charge in [0.25, 0.3) is 5.60 Å². The van der Waals surface area contributed by atoms with Gasteiger partial charge in [-0.2, -0.15) is 4.89 Å². The van der Waals surface area contributed by atoms with Crippen molar-refractivity contribution in [2.45, 2.75) is 12.0 Å². The molecule has 11 heavy (non-hydrogen) atoms. The standard InChI is InChI=1S/C5H6O6/c1-2-5(11-10,3(6)7)4(8)9/h1-2H2,(H,6,7)(H,8,9). The molecular weight excluding hydrogens is 156 g/mol. The fraction of sp³-hybridized carbons (Fsp3) is 0.400. The number of hydrogen-bond acceptors (Lipinski definition) is 3. The van der Waals surface area contributed by atoms with E-state index in [9.17, 15) is 14.8 Å². The molecule has 0 saturated carbocycles. The van der Waals surface area contributed by atoms with Gasteiger partial charge in [0.2, 0.25) is 0 Å². The Labute approximate surface area is 61.9 Å². The zero-order chi connectivity index (χ0) is 9.07. The van der Waals surface area contributed by atoms with Crippen LogP contribution in [0.4, 0.5) is 0 Å². The van der Waals surface area contributed by atoms with Gasteiger partial charge in [-0.1, -0.05) is 0 Å². The molecule has 0 amide bonds. The highest BCUT2D eigenvalue weighted by Crippen LogP contribution is 2.15. The quantitative estimate of drug-likeness (QED) is 0.329. The lowest BCUT2D eigenvalue weighted by molar-refractivity contribution is -0.357. The number of carbonyl (C=O) groups is 2. The Morgan fingerprint density at radius 3 is 1.73 bits per heavy atom. The maximum Gasteiger partial charge on any atom is 0.351 e. The second-order valence-corrected chi connectivity index (χ2v) is 1.77. The molecule has 0 unspecified atom stereocenters. The molecule has 0 spiro atoms. The highest BCUT2D eigenvalue weighted by Gasteiger charge is 2.48. The van der Waals surface area contributed by atoms with E-state index in [1.807, 2.05) is 0 Å². The second-order valence-electron chi connectivity index (χ2n) is 1.77. The van der Waals surface area contributed by atoms with E-state index in [2.05, 4.69) is 11.8 Å². The molecular formula is C5H6O6. The summed E-state index contributed by atoms with van der Waals surface area (Å²) in [7, 11) is 0. The maximum atomic E-state index is 10.2. The summed E-state index contributed by atoms with van der Waals surface area (Å²) in [5.74, 6) is -3.70. The Balaban J connectivity index is 4.76. The molecule has 2 N–H and O–H groups in total. The normalized spacial score (nSPS) is 11.1. The SMILES string of the molecule is [CH2]CC(O[O])(C(=O)O)C(=O)O. The van der Waals surface area contributed by atoms with Crippen LogP contribution >= 0.6 is 0 Å². The zero-order valence-corrected chi connectivity index (χ0v) is 5.44. The minimum Gasteiger partial charge on any atom is -0.479 e. The van der Waals surface area contributed by atoms with Gasteiger partial charge in [-0.05, 0) is 12.2 Å². The minimum atomic E-state index is -2.75. The lowest BCUT2D eigenvalue weighted by atomic mass is 10.0. The van der Waals surface area contributed by atoms with E-state index < -0.39 is 24.0 Å². The average molecular weight is 162 g/mol. The summed E-state index contributed by atoms with van der Waals surface area (Å²) in [4.78, 5) is 23.5. The molecule has 0 bridgehead atoms. The number of carboxylic acid groups (broad SMARTS) is 2. The van der Waals surface area contributed by atoms with Gasteiger partial charge in [0.15, 0.2) is 0 Å². The summed E-state index contributed by atoms with van der Waals surface area (Å²) < 4.78 is 0. The fourth-order valence-corrected chi connectivity index (χ4v) is 0.418. The predicted octanol–water partition coefficient (Wildman–Crippen LogP) is -0.519. The van der Waals surface area contributed by atoms with Crippen LogP contribution in [0.2, 0.25) is 0 Å². The molecule has 0 aliphatic heterocycles. The van der Waals surface area contributed by atoms with Crippen molar-refractivity contribution in [3.05, 3.63) is 6.92 Å². The van der Waals surface area contributed by atoms with Gasteiger partial charge < -0.3 is 10.2 Å². The zero-order valence-electron chi connectivity index (χ0n) is 5.44. The van der Waals surface area contributed by atoms with Gasteiger partial charge >= 0.3 is 11.9 Å². The van der Waals surface area contributed by atoms with E-state index in [0.29, 0.717) is 0 Å². The third-order valence-corrected chi connectivity index (χ3v) is 1.19. The molecule has 6 nitrogen and oxygen atoms in total. The van der Waals surface area contributed by atoms with E-state index >= 15 is 0 Å². The smallest absolute Gasteiger partial charge is 0.351 e. The highest BCUT2D eigenvalue weighted by molar-refractivity contribution is 6.01. The largest absolute Gasteiger partial charge is 0.479 e. The summed E-state index contributed by atoms with van der Waals surface area (Å²) in [6.07, 6.45) is -0.666. The fourth-order valence-electron chi connectivity index (χ4n) is 0.418. The molecule has 0 aromatic heterocycles. The molecule has 0 aromatic rings. The summed E-state index contributed by atoms with van der Waals surface area (Å²) in [6.45, 7) is 2.98. The summed E-state index contributed by atoms with van der Waals surface area (Å²) in [6, 6.07) is 0. The second kappa shape index (κ2) is 3.31. The summed E-state index contributed by atoms with van der Waals surface area (Å²) in [5.41, 5.74) is -2.75. The van der Waals surface area contributed by atoms with Gasteiger partial charge in [-0.25, -0.2) is 9.59 Å². The Kier molecular flexibility index (Phi) is 2.97. The Bertz CT molecular complexity index is 154. The molecule has 0 aliphatic rings. The molecule has 62 valence electrons. The number of carboxylic acids is 2. The Hall–Kier alpha value is -1.14. The van der Waals surface area contributed by atoms with Crippen molar-refractivity contribution in [2.75, 3.05) is 0 Å². The van der Waals surface area contributed by atoms with Gasteiger partial charge in [-0.3, -0.25) is 0 Å². The predicted molar refractivity (Wildman–Crippen MR) is 29.7 cm³/mol. The van der Waals surface area contributed by atoms with E-state index in [0.717, 1.165) is 0 Å². The van der Waals surface area contributed by atoms with Crippen LogP contribution in [0.1, 0.15) is 6.42 Å². The van der Waals surface area contributed by atoms with Crippen molar-refractivity contribution in [2.24, 2.45) is 0 Å². The minimum absolute atomic E-state index is 0.666. The van der Waals surface area contributed by atoms with Crippen molar-refractivity contribution in [1.82, 2.24) is 0 Å². The molecule has 6 heteroatoms. The lowest BCUT2D eigenvalue weighted by Gasteiger charge is -2.16. The van der Waals surface area contributed by atoms with Crippen LogP contribution in [0.3, 0.4) is 0 Å². The number of hydrogen-bond donors (Lipinski definition) is 2. The Morgan fingerprint density at radius 1 is 1.36 bits per heavy atom. The van der Waals surface area contributed by atoms with Crippen molar-refractivity contribution >= 4 is 11.9 Å². The van der Waals surface area contributed by atoms with E-state index in [1.165, 1.54) is 0 Å². The van der Waals surface area contributed by atoms with Crippen LogP contribution in [-0.4, -0.2) is 27.8 Å². The summed E-state index contributed by atoms with van der Waals surface area (Å²) >= 11 is 0. The molecule has 0 rings (SSSR count). The molecule has 0 heterocycles. The van der Waals surface area contributed by atoms with E-state index in [1.54, 1.807) is 0 Å². The van der Waals surface area contributed by atoms with Gasteiger partial charge in [0.05, 0.1) is 0 Å².